The van der Waals surface area contributed by atoms with E-state index in [1.807, 2.05) is 0 Å². The van der Waals surface area contributed by atoms with Gasteiger partial charge in [-0.15, -0.1) is 0 Å². The molecule has 1 unspecified atom stereocenters. The van der Waals surface area contributed by atoms with Crippen molar-refractivity contribution >= 4 is 5.78 Å². The van der Waals surface area contributed by atoms with Gasteiger partial charge in [-0.3, -0.25) is 9.48 Å². The zero-order valence-corrected chi connectivity index (χ0v) is 20.6. The van der Waals surface area contributed by atoms with Crippen LogP contribution in [-0.4, -0.2) is 15.6 Å². The van der Waals surface area contributed by atoms with Gasteiger partial charge in [-0.1, -0.05) is 20.3 Å². The molecule has 1 heterocycles. The molecule has 188 valence electrons. The molecule has 9 atom stereocenters. The average Bonchev–Trinajstić information content (AvgIpc) is 3.41. The van der Waals surface area contributed by atoms with Gasteiger partial charge >= 0.3 is 6.18 Å². The van der Waals surface area contributed by atoms with E-state index in [0.717, 1.165) is 54.4 Å². The molecule has 1 aromatic rings. The number of Topliss-reactive ketones (excluding diaryl/α,β-unsaturated/α-hetero) is 1. The van der Waals surface area contributed by atoms with Crippen LogP contribution in [0.5, 0.6) is 0 Å². The Morgan fingerprint density at radius 2 is 1.74 bits per heavy atom. The molecular weight excluding hydrogens is 437 g/mol. The molecule has 5 saturated carbocycles. The number of aromatic nitrogens is 2. The SMILES string of the molecule is C[C@H]1CC[C@H]2[C@H](CC[C@H]3C4[C@H](C5CC5)C[C@H](C(=O)Cn5ccc(C(F)(F)F)n5)[C@@]4(C)CC[C@H]23)C1. The number of carbonyl (C=O) groups is 1. The molecule has 3 nitrogen and oxygen atoms in total. The minimum Gasteiger partial charge on any atom is -0.297 e. The average molecular weight is 477 g/mol. The van der Waals surface area contributed by atoms with Crippen molar-refractivity contribution in [1.29, 1.82) is 0 Å². The number of hydrogen-bond acceptors (Lipinski definition) is 2. The molecule has 5 fully saturated rings. The minimum absolute atomic E-state index is 0.000309. The molecule has 6 heteroatoms. The first-order chi connectivity index (χ1) is 16.1. The highest BCUT2D eigenvalue weighted by Crippen LogP contribution is 2.69. The molecule has 0 bridgehead atoms. The van der Waals surface area contributed by atoms with E-state index in [2.05, 4.69) is 18.9 Å². The summed E-state index contributed by atoms with van der Waals surface area (Å²) in [6.45, 7) is 4.77. The van der Waals surface area contributed by atoms with E-state index >= 15 is 0 Å². The third kappa shape index (κ3) is 3.77. The lowest BCUT2D eigenvalue weighted by Crippen LogP contribution is -2.50. The number of ketones is 1. The lowest BCUT2D eigenvalue weighted by atomic mass is 9.48. The molecular formula is C28H39F3N2O. The quantitative estimate of drug-likeness (QED) is 0.468. The molecule has 1 aromatic heterocycles. The summed E-state index contributed by atoms with van der Waals surface area (Å²) in [6.07, 6.45) is 9.64. The van der Waals surface area contributed by atoms with Gasteiger partial charge in [0.15, 0.2) is 11.5 Å². The number of halogens is 3. The summed E-state index contributed by atoms with van der Waals surface area (Å²) in [7, 11) is 0. The predicted octanol–water partition coefficient (Wildman–Crippen LogP) is 7.01. The summed E-state index contributed by atoms with van der Waals surface area (Å²) in [5, 5.41) is 3.67. The van der Waals surface area contributed by atoms with Crippen LogP contribution in [0.1, 0.15) is 83.7 Å². The fourth-order valence-electron chi connectivity index (χ4n) is 9.64. The molecule has 6 rings (SSSR count). The Kier molecular flexibility index (Phi) is 5.50. The van der Waals surface area contributed by atoms with Crippen LogP contribution in [0.3, 0.4) is 0 Å². The monoisotopic (exact) mass is 476 g/mol. The highest BCUT2D eigenvalue weighted by Gasteiger charge is 2.63. The van der Waals surface area contributed by atoms with Crippen molar-refractivity contribution in [2.24, 2.45) is 58.7 Å². The number of rotatable bonds is 4. The Bertz CT molecular complexity index is 936. The topological polar surface area (TPSA) is 34.9 Å². The van der Waals surface area contributed by atoms with Gasteiger partial charge in [0.25, 0.3) is 0 Å². The third-order valence-corrected chi connectivity index (χ3v) is 11.1. The van der Waals surface area contributed by atoms with E-state index in [4.69, 9.17) is 0 Å². The summed E-state index contributed by atoms with van der Waals surface area (Å²) in [5.74, 6) is 6.35. The summed E-state index contributed by atoms with van der Waals surface area (Å²) in [4.78, 5) is 13.6. The number of hydrogen-bond donors (Lipinski definition) is 0. The first-order valence-electron chi connectivity index (χ1n) is 13.8. The molecule has 34 heavy (non-hydrogen) atoms. The maximum absolute atomic E-state index is 13.6. The van der Waals surface area contributed by atoms with E-state index in [0.29, 0.717) is 11.8 Å². The first kappa shape index (κ1) is 23.1. The molecule has 0 amide bonds. The molecule has 0 N–H and O–H groups in total. The summed E-state index contributed by atoms with van der Waals surface area (Å²) >= 11 is 0. The van der Waals surface area contributed by atoms with Crippen LogP contribution in [0.2, 0.25) is 0 Å². The Labute approximate surface area is 201 Å². The second-order valence-corrected chi connectivity index (χ2v) is 13.0. The van der Waals surface area contributed by atoms with Gasteiger partial charge in [0.05, 0.1) is 6.54 Å². The molecule has 0 spiro atoms. The zero-order chi connectivity index (χ0) is 23.8. The van der Waals surface area contributed by atoms with Gasteiger partial charge in [-0.05, 0) is 117 Å². The fourth-order valence-corrected chi connectivity index (χ4v) is 9.64. The van der Waals surface area contributed by atoms with Crippen molar-refractivity contribution in [1.82, 2.24) is 9.78 Å². The summed E-state index contributed by atoms with van der Waals surface area (Å²) in [5.41, 5.74) is -0.911. The maximum atomic E-state index is 13.6. The van der Waals surface area contributed by atoms with Gasteiger partial charge < -0.3 is 0 Å². The molecule has 5 aliphatic rings. The van der Waals surface area contributed by atoms with Gasteiger partial charge in [0.2, 0.25) is 0 Å². The van der Waals surface area contributed by atoms with Crippen molar-refractivity contribution in [2.45, 2.75) is 90.8 Å². The lowest BCUT2D eigenvalue weighted by Gasteiger charge is -2.57. The van der Waals surface area contributed by atoms with Gasteiger partial charge in [-0.2, -0.15) is 18.3 Å². The predicted molar refractivity (Wildman–Crippen MR) is 124 cm³/mol. The van der Waals surface area contributed by atoms with Crippen LogP contribution in [0, 0.1) is 58.7 Å². The molecule has 5 aliphatic carbocycles. The second-order valence-electron chi connectivity index (χ2n) is 13.0. The standard InChI is InChI=1S/C28H39F3N2O/c1-16-3-7-19-18(13-16)6-8-21-20(19)9-11-27(2)23(14-22(26(21)27)17-4-5-17)24(34)15-33-12-10-25(32-33)28(29,30)31/h10,12,16-23,26H,3-9,11,13-15H2,1-2H3/t16-,18+,19-,20+,21+,22-,23+,26?,27+/m0/s1. The lowest BCUT2D eigenvalue weighted by molar-refractivity contribution is -0.142. The van der Waals surface area contributed by atoms with Crippen LogP contribution in [0.15, 0.2) is 12.3 Å². The molecule has 0 saturated heterocycles. The van der Waals surface area contributed by atoms with Crippen LogP contribution in [0.4, 0.5) is 13.2 Å². The van der Waals surface area contributed by atoms with E-state index in [9.17, 15) is 18.0 Å². The molecule has 0 aliphatic heterocycles. The van der Waals surface area contributed by atoms with Crippen molar-refractivity contribution in [3.8, 4) is 0 Å². The van der Waals surface area contributed by atoms with Gasteiger partial charge in [0, 0.05) is 12.1 Å². The van der Waals surface area contributed by atoms with Crippen molar-refractivity contribution in [3.63, 3.8) is 0 Å². The molecule has 0 radical (unpaired) electrons. The Morgan fingerprint density at radius 3 is 2.44 bits per heavy atom. The normalized spacial score (nSPS) is 44.3. The van der Waals surface area contributed by atoms with Crippen LogP contribution in [-0.2, 0) is 17.5 Å². The van der Waals surface area contributed by atoms with E-state index < -0.39 is 11.9 Å². The summed E-state index contributed by atoms with van der Waals surface area (Å²) < 4.78 is 40.2. The van der Waals surface area contributed by atoms with E-state index in [1.54, 1.807) is 0 Å². The smallest absolute Gasteiger partial charge is 0.297 e. The highest BCUT2D eigenvalue weighted by molar-refractivity contribution is 5.82. The zero-order valence-electron chi connectivity index (χ0n) is 20.6. The summed E-state index contributed by atoms with van der Waals surface area (Å²) in [6, 6.07) is 0.980. The Morgan fingerprint density at radius 1 is 1.00 bits per heavy atom. The van der Waals surface area contributed by atoms with Crippen molar-refractivity contribution in [2.75, 3.05) is 0 Å². The van der Waals surface area contributed by atoms with Crippen LogP contribution >= 0.6 is 0 Å². The second kappa shape index (κ2) is 8.09. The van der Waals surface area contributed by atoms with E-state index in [1.165, 1.54) is 62.2 Å². The largest absolute Gasteiger partial charge is 0.435 e. The fraction of sp³-hybridized carbons (Fsp3) is 0.857. The van der Waals surface area contributed by atoms with Gasteiger partial charge in [0.1, 0.15) is 0 Å². The highest BCUT2D eigenvalue weighted by atomic mass is 19.4. The molecule has 0 aromatic carbocycles. The Hall–Kier alpha value is -1.33. The number of nitrogens with zero attached hydrogens (tertiary/aromatic N) is 2. The van der Waals surface area contributed by atoms with Crippen molar-refractivity contribution < 1.29 is 18.0 Å². The van der Waals surface area contributed by atoms with E-state index in [-0.39, 0.29) is 23.7 Å². The number of carbonyl (C=O) groups excluding carboxylic acids is 1. The van der Waals surface area contributed by atoms with Gasteiger partial charge in [-0.25, -0.2) is 0 Å². The Balaban J connectivity index is 1.24. The first-order valence-corrected chi connectivity index (χ1v) is 13.8. The number of alkyl halides is 3. The minimum atomic E-state index is -4.47. The third-order valence-electron chi connectivity index (χ3n) is 11.1. The number of fused-ring (bicyclic) bond motifs is 5. The van der Waals surface area contributed by atoms with Crippen LogP contribution < -0.4 is 0 Å². The maximum Gasteiger partial charge on any atom is 0.435 e. The van der Waals surface area contributed by atoms with Crippen LogP contribution in [0.25, 0.3) is 0 Å². The van der Waals surface area contributed by atoms with Crippen molar-refractivity contribution in [3.05, 3.63) is 18.0 Å².